The first-order chi connectivity index (χ1) is 8.15. The maximum atomic E-state index is 7.76. The summed E-state index contributed by atoms with van der Waals surface area (Å²) in [6.45, 7) is 3.67. The second-order valence-electron chi connectivity index (χ2n) is 4.04. The van der Waals surface area contributed by atoms with Crippen molar-refractivity contribution in [2.45, 2.75) is 20.1 Å². The van der Waals surface area contributed by atoms with Crippen LogP contribution in [-0.2, 0) is 13.2 Å². The van der Waals surface area contributed by atoms with E-state index in [0.29, 0.717) is 9.95 Å². The fraction of sp³-hybridized carbons (Fsp3) is 0.273. The van der Waals surface area contributed by atoms with Gasteiger partial charge in [0.15, 0.2) is 4.80 Å². The molecular weight excluding hydrogens is 256 g/mol. The van der Waals surface area contributed by atoms with E-state index in [-0.39, 0.29) is 0 Å². The van der Waals surface area contributed by atoms with Crippen molar-refractivity contribution in [3.05, 3.63) is 38.7 Å². The lowest BCUT2D eigenvalue weighted by molar-refractivity contribution is 0.517. The molecule has 0 radical (unpaired) electrons. The van der Waals surface area contributed by atoms with Gasteiger partial charge in [0.2, 0.25) is 0 Å². The smallest absolute Gasteiger partial charge is 0.185 e. The highest BCUT2D eigenvalue weighted by Gasteiger charge is 2.26. The topological polar surface area (TPSA) is 44.9 Å². The van der Waals surface area contributed by atoms with E-state index in [0.717, 1.165) is 24.6 Å². The Kier molecular flexibility index (Phi) is 2.45. The first kappa shape index (κ1) is 10.8. The minimum Gasteiger partial charge on any atom is -0.334 e. The summed E-state index contributed by atoms with van der Waals surface area (Å²) in [5, 5.41) is 8.28. The van der Waals surface area contributed by atoms with Gasteiger partial charge < -0.3 is 4.90 Å². The second kappa shape index (κ2) is 3.85. The van der Waals surface area contributed by atoms with E-state index in [9.17, 15) is 0 Å². The number of pyridine rings is 1. The van der Waals surface area contributed by atoms with Crippen LogP contribution in [0.3, 0.4) is 0 Å². The van der Waals surface area contributed by atoms with E-state index in [1.165, 1.54) is 16.2 Å². The summed E-state index contributed by atoms with van der Waals surface area (Å²) in [5.74, 6) is 1.16. The summed E-state index contributed by atoms with van der Waals surface area (Å²) in [6.07, 6.45) is 1.80. The Labute approximate surface area is 108 Å². The van der Waals surface area contributed by atoms with E-state index in [1.807, 2.05) is 10.6 Å². The number of aryl methyl sites for hydroxylation is 1. The average Bonchev–Trinajstić information content (AvgIpc) is 2.46. The highest BCUT2D eigenvalue weighted by atomic mass is 35.5. The van der Waals surface area contributed by atoms with Crippen LogP contribution < -0.4 is 9.70 Å². The maximum absolute atomic E-state index is 7.76. The normalized spacial score (nSPS) is 13.4. The van der Waals surface area contributed by atoms with Crippen LogP contribution in [0.1, 0.15) is 10.4 Å². The van der Waals surface area contributed by atoms with Crippen LogP contribution in [0, 0.1) is 12.3 Å². The molecule has 88 valence electrons. The van der Waals surface area contributed by atoms with Crippen molar-refractivity contribution in [2.75, 3.05) is 4.90 Å². The average molecular weight is 267 g/mol. The quantitative estimate of drug-likeness (QED) is 0.848. The molecule has 1 N–H and O–H groups in total. The number of halogens is 1. The number of nitrogens with zero attached hydrogens (tertiary/aromatic N) is 3. The maximum Gasteiger partial charge on any atom is 0.185 e. The molecule has 0 amide bonds. The predicted octanol–water partition coefficient (Wildman–Crippen LogP) is 2.36. The summed E-state index contributed by atoms with van der Waals surface area (Å²) in [7, 11) is 0. The Morgan fingerprint density at radius 2 is 2.35 bits per heavy atom. The van der Waals surface area contributed by atoms with Crippen LogP contribution in [0.2, 0.25) is 5.15 Å². The van der Waals surface area contributed by atoms with Crippen molar-refractivity contribution < 1.29 is 0 Å². The Hall–Kier alpha value is -1.33. The molecule has 4 nitrogen and oxygen atoms in total. The van der Waals surface area contributed by atoms with Crippen LogP contribution >= 0.6 is 22.9 Å². The number of nitrogens with one attached hydrogen (secondary N) is 1. The molecule has 1 aliphatic heterocycles. The van der Waals surface area contributed by atoms with Crippen LogP contribution in [0.4, 0.5) is 5.82 Å². The molecule has 0 unspecified atom stereocenters. The molecule has 0 spiro atoms. The van der Waals surface area contributed by atoms with Crippen LogP contribution in [0.15, 0.2) is 18.3 Å². The van der Waals surface area contributed by atoms with Gasteiger partial charge in [-0.15, -0.1) is 11.3 Å². The molecule has 1 aliphatic rings. The van der Waals surface area contributed by atoms with Gasteiger partial charge in [-0.2, -0.15) is 0 Å². The third-order valence-electron chi connectivity index (χ3n) is 2.84. The van der Waals surface area contributed by atoms with E-state index < -0.39 is 0 Å². The van der Waals surface area contributed by atoms with Crippen molar-refractivity contribution >= 4 is 28.8 Å². The number of fused-ring (bicyclic) bond motifs is 1. The van der Waals surface area contributed by atoms with Crippen molar-refractivity contribution in [1.29, 1.82) is 5.41 Å². The third-order valence-corrected chi connectivity index (χ3v) is 3.97. The van der Waals surface area contributed by atoms with Crippen molar-refractivity contribution in [3.8, 4) is 0 Å². The van der Waals surface area contributed by atoms with Gasteiger partial charge in [-0.25, -0.2) is 4.98 Å². The van der Waals surface area contributed by atoms with Crippen LogP contribution in [0.5, 0.6) is 0 Å². The zero-order valence-corrected chi connectivity index (χ0v) is 10.8. The van der Waals surface area contributed by atoms with Gasteiger partial charge in [-0.3, -0.25) is 9.98 Å². The molecule has 0 saturated carbocycles. The van der Waals surface area contributed by atoms with Crippen molar-refractivity contribution in [3.63, 3.8) is 0 Å². The van der Waals surface area contributed by atoms with E-state index in [1.54, 1.807) is 12.3 Å². The lowest BCUT2D eigenvalue weighted by Crippen LogP contribution is -2.41. The summed E-state index contributed by atoms with van der Waals surface area (Å²) in [5.41, 5.74) is 1.14. The second-order valence-corrected chi connectivity index (χ2v) is 5.63. The molecule has 2 aromatic heterocycles. The molecule has 0 aromatic carbocycles. The minimum atomic E-state index is 0.521. The monoisotopic (exact) mass is 266 g/mol. The highest BCUT2D eigenvalue weighted by molar-refractivity contribution is 7.09. The van der Waals surface area contributed by atoms with Gasteiger partial charge in [0.05, 0.1) is 0 Å². The van der Waals surface area contributed by atoms with Crippen LogP contribution in [0.25, 0.3) is 0 Å². The van der Waals surface area contributed by atoms with Crippen LogP contribution in [-0.4, -0.2) is 9.55 Å². The van der Waals surface area contributed by atoms with Crippen molar-refractivity contribution in [1.82, 2.24) is 9.55 Å². The Morgan fingerprint density at radius 1 is 1.53 bits per heavy atom. The number of anilines is 1. The summed E-state index contributed by atoms with van der Waals surface area (Å²) in [6, 6.07) is 3.79. The van der Waals surface area contributed by atoms with Gasteiger partial charge in [0, 0.05) is 17.6 Å². The molecular formula is C11H11ClN4S. The molecule has 3 heterocycles. The lowest BCUT2D eigenvalue weighted by Gasteiger charge is -2.35. The zero-order valence-electron chi connectivity index (χ0n) is 9.27. The molecule has 0 aliphatic carbocycles. The molecule has 0 atom stereocenters. The number of hydrogen-bond acceptors (Lipinski definition) is 4. The third kappa shape index (κ3) is 1.75. The summed E-state index contributed by atoms with van der Waals surface area (Å²) >= 11 is 7.28. The Bertz CT molecular complexity index is 613. The molecule has 3 rings (SSSR count). The fourth-order valence-corrected chi connectivity index (χ4v) is 3.05. The Balaban J connectivity index is 1.83. The highest BCUT2D eigenvalue weighted by Crippen LogP contribution is 2.31. The number of hydrogen-bond donors (Lipinski definition) is 1. The van der Waals surface area contributed by atoms with Crippen molar-refractivity contribution in [2.24, 2.45) is 0 Å². The first-order valence-electron chi connectivity index (χ1n) is 5.25. The molecule has 6 heteroatoms. The number of thiazole rings is 1. The predicted molar refractivity (Wildman–Crippen MR) is 68.3 cm³/mol. The molecule has 2 aromatic rings. The fourth-order valence-electron chi connectivity index (χ4n) is 2.06. The van der Waals surface area contributed by atoms with Gasteiger partial charge in [-0.1, -0.05) is 17.7 Å². The molecule has 0 bridgehead atoms. The van der Waals surface area contributed by atoms with E-state index >= 15 is 0 Å². The van der Waals surface area contributed by atoms with Gasteiger partial charge in [0.1, 0.15) is 17.6 Å². The van der Waals surface area contributed by atoms with E-state index in [2.05, 4.69) is 16.8 Å². The SMILES string of the molecule is Cc1sc(=N)n2c1N(Cc1ccc(Cl)nc1)C2. The molecule has 0 saturated heterocycles. The zero-order chi connectivity index (χ0) is 12.0. The standard InChI is InChI=1S/C11H11ClN4S/c1-7-10-15(6-16(10)11(13)17-7)5-8-2-3-9(12)14-4-8/h2-4,13H,5-6H2,1H3. The first-order valence-corrected chi connectivity index (χ1v) is 6.45. The molecule has 17 heavy (non-hydrogen) atoms. The lowest BCUT2D eigenvalue weighted by atomic mass is 10.2. The molecule has 0 fully saturated rings. The van der Waals surface area contributed by atoms with E-state index in [4.69, 9.17) is 17.0 Å². The Morgan fingerprint density at radius 3 is 3.00 bits per heavy atom. The largest absolute Gasteiger partial charge is 0.334 e. The number of rotatable bonds is 2. The van der Waals surface area contributed by atoms with Gasteiger partial charge in [0.25, 0.3) is 0 Å². The minimum absolute atomic E-state index is 0.521. The van der Waals surface area contributed by atoms with Gasteiger partial charge in [-0.05, 0) is 18.6 Å². The summed E-state index contributed by atoms with van der Waals surface area (Å²) < 4.78 is 2.02. The summed E-state index contributed by atoms with van der Waals surface area (Å²) in [4.78, 5) is 8.14. The number of aromatic nitrogens is 2. The van der Waals surface area contributed by atoms with Gasteiger partial charge >= 0.3 is 0 Å².